The molecule has 120 valence electrons. The summed E-state index contributed by atoms with van der Waals surface area (Å²) in [6, 6.07) is 10.1. The van der Waals surface area contributed by atoms with Gasteiger partial charge in [-0.15, -0.1) is 10.2 Å². The van der Waals surface area contributed by atoms with Gasteiger partial charge in [0.2, 0.25) is 17.7 Å². The van der Waals surface area contributed by atoms with Crippen LogP contribution in [0.2, 0.25) is 0 Å². The van der Waals surface area contributed by atoms with Gasteiger partial charge < -0.3 is 9.73 Å². The Morgan fingerprint density at radius 3 is 2.83 bits per heavy atom. The quantitative estimate of drug-likeness (QED) is 0.946. The number of nitrogens with zero attached hydrogens (tertiary/aromatic N) is 2. The van der Waals surface area contributed by atoms with Crippen LogP contribution in [0.1, 0.15) is 38.0 Å². The summed E-state index contributed by atoms with van der Waals surface area (Å²) in [7, 11) is 0. The van der Waals surface area contributed by atoms with E-state index in [0.717, 1.165) is 18.4 Å². The highest BCUT2D eigenvalue weighted by molar-refractivity contribution is 5.80. The summed E-state index contributed by atoms with van der Waals surface area (Å²) in [4.78, 5) is 12.3. The molecular weight excluding hydrogens is 290 g/mol. The van der Waals surface area contributed by atoms with Crippen LogP contribution in [0, 0.1) is 11.8 Å². The fourth-order valence-corrected chi connectivity index (χ4v) is 3.87. The maximum absolute atomic E-state index is 12.3. The minimum atomic E-state index is -0.0431. The summed E-state index contributed by atoms with van der Waals surface area (Å²) in [5.74, 6) is 1.79. The molecule has 3 atom stereocenters. The molecule has 0 radical (unpaired) electrons. The summed E-state index contributed by atoms with van der Waals surface area (Å²) in [5.41, 5.74) is 0.909. The van der Waals surface area contributed by atoms with Crippen LogP contribution in [0.4, 0.5) is 0 Å². The number of piperidine rings is 1. The molecule has 1 aliphatic carbocycles. The number of amides is 1. The Morgan fingerprint density at radius 2 is 1.96 bits per heavy atom. The molecule has 5 nitrogen and oxygen atoms in total. The van der Waals surface area contributed by atoms with Crippen molar-refractivity contribution in [3.05, 3.63) is 36.2 Å². The molecule has 1 aliphatic heterocycles. The van der Waals surface area contributed by atoms with E-state index in [4.69, 9.17) is 4.42 Å². The summed E-state index contributed by atoms with van der Waals surface area (Å²) in [5, 5.41) is 11.4. The number of carbonyl (C=O) groups excluding carboxylic acids is 1. The first kappa shape index (κ1) is 14.4. The predicted molar refractivity (Wildman–Crippen MR) is 85.4 cm³/mol. The van der Waals surface area contributed by atoms with Crippen molar-refractivity contribution in [2.45, 2.75) is 44.6 Å². The van der Waals surface area contributed by atoms with E-state index in [-0.39, 0.29) is 11.8 Å². The first-order valence-corrected chi connectivity index (χ1v) is 8.48. The van der Waals surface area contributed by atoms with Gasteiger partial charge in [0.05, 0.1) is 0 Å². The first-order chi connectivity index (χ1) is 11.3. The van der Waals surface area contributed by atoms with Gasteiger partial charge in [0.1, 0.15) is 0 Å². The second-order valence-corrected chi connectivity index (χ2v) is 6.66. The van der Waals surface area contributed by atoms with Gasteiger partial charge in [-0.2, -0.15) is 0 Å². The maximum Gasteiger partial charge on any atom is 0.247 e. The molecule has 1 N–H and O–H groups in total. The number of fused-ring (bicyclic) bond motifs is 1. The lowest BCUT2D eigenvalue weighted by atomic mass is 9.75. The Bertz CT molecular complexity index is 683. The molecule has 1 aromatic heterocycles. The van der Waals surface area contributed by atoms with E-state index in [9.17, 15) is 4.79 Å². The van der Waals surface area contributed by atoms with E-state index in [2.05, 4.69) is 15.5 Å². The third-order valence-corrected chi connectivity index (χ3v) is 5.10. The van der Waals surface area contributed by atoms with Crippen molar-refractivity contribution in [2.24, 2.45) is 11.8 Å². The van der Waals surface area contributed by atoms with E-state index >= 15 is 0 Å². The van der Waals surface area contributed by atoms with Crippen LogP contribution in [-0.2, 0) is 11.2 Å². The average Bonchev–Trinajstić information content (AvgIpc) is 3.05. The zero-order valence-electron chi connectivity index (χ0n) is 13.1. The van der Waals surface area contributed by atoms with Gasteiger partial charge >= 0.3 is 0 Å². The lowest BCUT2D eigenvalue weighted by Crippen LogP contribution is -2.51. The van der Waals surface area contributed by atoms with Gasteiger partial charge in [-0.25, -0.2) is 0 Å². The minimum absolute atomic E-state index is 0.0431. The molecule has 1 saturated heterocycles. The van der Waals surface area contributed by atoms with Crippen molar-refractivity contribution >= 4 is 5.91 Å². The monoisotopic (exact) mass is 311 g/mol. The Morgan fingerprint density at radius 1 is 1.13 bits per heavy atom. The van der Waals surface area contributed by atoms with Gasteiger partial charge in [-0.1, -0.05) is 31.0 Å². The summed E-state index contributed by atoms with van der Waals surface area (Å²) >= 11 is 0. The molecule has 1 amide bonds. The fraction of sp³-hybridized carbons (Fsp3) is 0.500. The number of rotatable bonds is 3. The third-order valence-electron chi connectivity index (χ3n) is 5.10. The summed E-state index contributed by atoms with van der Waals surface area (Å²) in [6.07, 6.45) is 6.34. The smallest absolute Gasteiger partial charge is 0.247 e. The van der Waals surface area contributed by atoms with Crippen LogP contribution in [0.25, 0.3) is 11.5 Å². The van der Waals surface area contributed by atoms with Crippen molar-refractivity contribution in [2.75, 3.05) is 0 Å². The topological polar surface area (TPSA) is 68.0 Å². The maximum atomic E-state index is 12.3. The Balaban J connectivity index is 1.46. The van der Waals surface area contributed by atoms with E-state index < -0.39 is 0 Å². The van der Waals surface area contributed by atoms with Crippen molar-refractivity contribution in [1.82, 2.24) is 15.5 Å². The van der Waals surface area contributed by atoms with Crippen LogP contribution in [0.15, 0.2) is 34.7 Å². The number of nitrogens with one attached hydrogen (secondary N) is 1. The number of benzene rings is 1. The van der Waals surface area contributed by atoms with Crippen LogP contribution in [0.5, 0.6) is 0 Å². The number of hydrogen-bond donors (Lipinski definition) is 1. The number of aromatic nitrogens is 2. The largest absolute Gasteiger partial charge is 0.421 e. The Kier molecular flexibility index (Phi) is 3.85. The molecule has 2 aliphatic rings. The highest BCUT2D eigenvalue weighted by Gasteiger charge is 2.37. The lowest BCUT2D eigenvalue weighted by Gasteiger charge is -2.39. The molecule has 4 rings (SSSR count). The van der Waals surface area contributed by atoms with Crippen molar-refractivity contribution in [3.63, 3.8) is 0 Å². The van der Waals surface area contributed by atoms with Crippen LogP contribution in [0.3, 0.4) is 0 Å². The molecular formula is C18H21N3O2. The molecule has 2 aromatic rings. The van der Waals surface area contributed by atoms with E-state index in [1.807, 2.05) is 30.3 Å². The van der Waals surface area contributed by atoms with E-state index in [0.29, 0.717) is 30.2 Å². The molecule has 5 heteroatoms. The van der Waals surface area contributed by atoms with Gasteiger partial charge in [0, 0.05) is 23.9 Å². The van der Waals surface area contributed by atoms with Crippen LogP contribution in [-0.4, -0.2) is 22.1 Å². The van der Waals surface area contributed by atoms with Crippen molar-refractivity contribution in [3.8, 4) is 11.5 Å². The molecule has 3 unspecified atom stereocenters. The number of hydrogen-bond acceptors (Lipinski definition) is 4. The summed E-state index contributed by atoms with van der Waals surface area (Å²) < 4.78 is 5.75. The van der Waals surface area contributed by atoms with Crippen LogP contribution >= 0.6 is 0 Å². The highest BCUT2D eigenvalue weighted by atomic mass is 16.4. The number of carbonyl (C=O) groups is 1. The van der Waals surface area contributed by atoms with Crippen molar-refractivity contribution < 1.29 is 9.21 Å². The highest BCUT2D eigenvalue weighted by Crippen LogP contribution is 2.34. The fourth-order valence-electron chi connectivity index (χ4n) is 3.87. The molecule has 0 bridgehead atoms. The van der Waals surface area contributed by atoms with Gasteiger partial charge in [0.15, 0.2) is 0 Å². The average molecular weight is 311 g/mol. The molecule has 0 spiro atoms. The molecule has 1 aromatic carbocycles. The van der Waals surface area contributed by atoms with Gasteiger partial charge in [-0.05, 0) is 37.3 Å². The normalized spacial score (nSPS) is 27.3. The zero-order valence-corrected chi connectivity index (χ0v) is 13.1. The first-order valence-electron chi connectivity index (χ1n) is 8.48. The van der Waals surface area contributed by atoms with E-state index in [1.165, 1.54) is 19.3 Å². The zero-order chi connectivity index (χ0) is 15.6. The lowest BCUT2D eigenvalue weighted by molar-refractivity contribution is -0.130. The molecule has 2 fully saturated rings. The molecule has 2 heterocycles. The summed E-state index contributed by atoms with van der Waals surface area (Å²) in [6.45, 7) is 0. The SMILES string of the molecule is O=C1NC2CCCCC2CC1Cc1nnc(-c2ccccc2)o1. The second kappa shape index (κ2) is 6.14. The molecule has 1 saturated carbocycles. The van der Waals surface area contributed by atoms with Gasteiger partial charge in [0.25, 0.3) is 0 Å². The Hall–Kier alpha value is -2.17. The van der Waals surface area contributed by atoms with Crippen molar-refractivity contribution in [1.29, 1.82) is 0 Å². The second-order valence-electron chi connectivity index (χ2n) is 6.66. The van der Waals surface area contributed by atoms with E-state index in [1.54, 1.807) is 0 Å². The molecule has 23 heavy (non-hydrogen) atoms. The third kappa shape index (κ3) is 3.00. The standard InChI is InChI=1S/C18H21N3O2/c22-17-14(10-13-8-4-5-9-15(13)19-17)11-16-20-21-18(23-16)12-6-2-1-3-7-12/h1-3,6-7,13-15H,4-5,8-11H2,(H,19,22). The van der Waals surface area contributed by atoms with Crippen LogP contribution < -0.4 is 5.32 Å². The Labute approximate surface area is 135 Å². The van der Waals surface area contributed by atoms with Gasteiger partial charge in [-0.3, -0.25) is 4.79 Å². The minimum Gasteiger partial charge on any atom is -0.421 e. The predicted octanol–water partition coefficient (Wildman–Crippen LogP) is 2.97.